The highest BCUT2D eigenvalue weighted by Crippen LogP contribution is 2.33. The summed E-state index contributed by atoms with van der Waals surface area (Å²) in [5.41, 5.74) is 0.0768. The van der Waals surface area contributed by atoms with E-state index in [0.717, 1.165) is 10.1 Å². The molecule has 10 heteroatoms. The molecule has 0 amide bonds. The van der Waals surface area contributed by atoms with Crippen LogP contribution in [-0.2, 0) is 37.0 Å². The van der Waals surface area contributed by atoms with E-state index in [9.17, 15) is 14.4 Å². The number of hydrogen-bond donors (Lipinski definition) is 0. The van der Waals surface area contributed by atoms with Crippen LogP contribution in [0.1, 0.15) is 29.1 Å². The van der Waals surface area contributed by atoms with E-state index in [0.29, 0.717) is 5.56 Å². The Hall–Kier alpha value is -3.57. The van der Waals surface area contributed by atoms with Crippen LogP contribution in [0, 0.1) is 0 Å². The van der Waals surface area contributed by atoms with Gasteiger partial charge in [-0.2, -0.15) is 0 Å². The minimum Gasteiger partial charge on any atom is -0.450 e. The molecule has 4 rings (SSSR count). The van der Waals surface area contributed by atoms with Gasteiger partial charge in [-0.15, -0.1) is 0 Å². The van der Waals surface area contributed by atoms with E-state index in [-0.39, 0.29) is 19.9 Å². The first-order chi connectivity index (χ1) is 17.5. The number of nitrogens with zero attached hydrogens (tertiary/aromatic N) is 2. The number of benzene rings is 2. The number of esters is 1. The summed E-state index contributed by atoms with van der Waals surface area (Å²) in [5.74, 6) is -0.580. The van der Waals surface area contributed by atoms with Gasteiger partial charge in [0.25, 0.3) is 5.56 Å². The normalized spacial score (nSPS) is 21.4. The van der Waals surface area contributed by atoms with Gasteiger partial charge in [0.15, 0.2) is 18.6 Å². The lowest BCUT2D eigenvalue weighted by atomic mass is 10.2. The van der Waals surface area contributed by atoms with Crippen LogP contribution in [0.3, 0.4) is 0 Å². The maximum atomic E-state index is 13.3. The van der Waals surface area contributed by atoms with E-state index in [1.165, 1.54) is 23.9 Å². The van der Waals surface area contributed by atoms with Crippen molar-refractivity contribution >= 4 is 5.97 Å². The Labute approximate surface area is 207 Å². The highest BCUT2D eigenvalue weighted by Gasteiger charge is 2.49. The summed E-state index contributed by atoms with van der Waals surface area (Å²) < 4.78 is 30.7. The van der Waals surface area contributed by atoms with E-state index in [1.54, 1.807) is 37.3 Å². The number of carbonyl (C=O) groups is 1. The lowest BCUT2D eigenvalue weighted by Gasteiger charge is -2.23. The van der Waals surface area contributed by atoms with Gasteiger partial charge < -0.3 is 23.7 Å². The van der Waals surface area contributed by atoms with Crippen LogP contribution in [-0.4, -0.2) is 47.3 Å². The topological polar surface area (TPSA) is 107 Å². The minimum atomic E-state index is -1.02. The molecule has 0 aliphatic carbocycles. The second-order valence-electron chi connectivity index (χ2n) is 8.02. The molecule has 0 bridgehead atoms. The van der Waals surface area contributed by atoms with Crippen molar-refractivity contribution < 1.29 is 28.5 Å². The van der Waals surface area contributed by atoms with E-state index >= 15 is 0 Å². The smallest absolute Gasteiger partial charge is 0.338 e. The number of ether oxygens (including phenoxy) is 5. The van der Waals surface area contributed by atoms with E-state index in [2.05, 4.69) is 0 Å². The molecule has 1 aliphatic heterocycles. The molecule has 1 fully saturated rings. The summed E-state index contributed by atoms with van der Waals surface area (Å²) in [6, 6.07) is 19.1. The van der Waals surface area contributed by atoms with Gasteiger partial charge in [-0.25, -0.2) is 14.2 Å². The molecule has 0 spiro atoms. The predicted octanol–water partition coefficient (Wildman–Crippen LogP) is 2.32. The fourth-order valence-corrected chi connectivity index (χ4v) is 3.94. The van der Waals surface area contributed by atoms with Crippen LogP contribution in [0.4, 0.5) is 0 Å². The van der Waals surface area contributed by atoms with Gasteiger partial charge in [-0.1, -0.05) is 48.5 Å². The summed E-state index contributed by atoms with van der Waals surface area (Å²) >= 11 is 0. The van der Waals surface area contributed by atoms with Gasteiger partial charge >= 0.3 is 11.7 Å². The molecule has 1 aliphatic rings. The molecular weight excluding hydrogens is 468 g/mol. The predicted molar refractivity (Wildman–Crippen MR) is 128 cm³/mol. The maximum Gasteiger partial charge on any atom is 0.338 e. The van der Waals surface area contributed by atoms with Crippen LogP contribution in [0.5, 0.6) is 0 Å². The molecule has 1 unspecified atom stereocenters. The number of methoxy groups -OCH3 is 1. The minimum absolute atomic E-state index is 0.228. The third-order valence-electron chi connectivity index (χ3n) is 5.70. The quantitative estimate of drug-likeness (QED) is 0.394. The number of carbonyl (C=O) groups excluding carboxylic acids is 1. The van der Waals surface area contributed by atoms with Crippen LogP contribution >= 0.6 is 0 Å². The Balaban J connectivity index is 1.56. The Bertz CT molecular complexity index is 1260. The zero-order valence-electron chi connectivity index (χ0n) is 20.0. The molecule has 190 valence electrons. The molecule has 0 radical (unpaired) electrons. The van der Waals surface area contributed by atoms with Gasteiger partial charge in [0.1, 0.15) is 12.8 Å². The van der Waals surface area contributed by atoms with Gasteiger partial charge in [0.2, 0.25) is 0 Å². The van der Waals surface area contributed by atoms with Gasteiger partial charge in [-0.05, 0) is 24.6 Å². The van der Waals surface area contributed by atoms with Crippen molar-refractivity contribution in [3.8, 4) is 0 Å². The van der Waals surface area contributed by atoms with Crippen molar-refractivity contribution in [2.75, 3.05) is 13.7 Å². The summed E-state index contributed by atoms with van der Waals surface area (Å²) in [6.07, 6.45) is -2.54. The van der Waals surface area contributed by atoms with Crippen LogP contribution in [0.15, 0.2) is 82.5 Å². The standard InChI is InChI=1S/C26H28N2O8/c1-3-34-25-22(35-24(30)19-12-8-5-9-13-19)21(32-2)23(36-25)27-15-14-20(29)28(26(27)31)17-33-16-18-10-6-4-7-11-18/h4-15,21-23,25H,3,16-17H2,1-2H3/t21-,22?,23+,25-/m0/s1. The molecule has 3 aromatic rings. The average Bonchev–Trinajstić information content (AvgIpc) is 3.23. The van der Waals surface area contributed by atoms with Gasteiger partial charge in [-0.3, -0.25) is 9.36 Å². The Kier molecular flexibility index (Phi) is 8.44. The Morgan fingerprint density at radius 1 is 0.972 bits per heavy atom. The van der Waals surface area contributed by atoms with Crippen molar-refractivity contribution in [2.24, 2.45) is 0 Å². The molecule has 0 N–H and O–H groups in total. The molecule has 2 aromatic carbocycles. The van der Waals surface area contributed by atoms with Crippen molar-refractivity contribution in [1.29, 1.82) is 0 Å². The molecular formula is C26H28N2O8. The highest BCUT2D eigenvalue weighted by atomic mass is 16.7. The highest BCUT2D eigenvalue weighted by molar-refractivity contribution is 5.89. The van der Waals surface area contributed by atoms with Crippen molar-refractivity contribution in [2.45, 2.75) is 45.0 Å². The lowest BCUT2D eigenvalue weighted by molar-refractivity contribution is -0.175. The largest absolute Gasteiger partial charge is 0.450 e. The summed E-state index contributed by atoms with van der Waals surface area (Å²) in [7, 11) is 1.42. The molecule has 1 aromatic heterocycles. The van der Waals surface area contributed by atoms with Crippen molar-refractivity contribution in [3.05, 3.63) is 105 Å². The number of hydrogen-bond acceptors (Lipinski definition) is 8. The average molecular weight is 497 g/mol. The number of aromatic nitrogens is 2. The molecule has 2 heterocycles. The lowest BCUT2D eigenvalue weighted by Crippen LogP contribution is -2.44. The third kappa shape index (κ3) is 5.63. The van der Waals surface area contributed by atoms with E-state index < -0.39 is 41.9 Å². The molecule has 4 atom stereocenters. The van der Waals surface area contributed by atoms with Crippen LogP contribution in [0.25, 0.3) is 0 Å². The first-order valence-corrected chi connectivity index (χ1v) is 11.5. The second-order valence-corrected chi connectivity index (χ2v) is 8.02. The van der Waals surface area contributed by atoms with Crippen LogP contribution in [0.2, 0.25) is 0 Å². The molecule has 0 saturated carbocycles. The SMILES string of the molecule is CCO[C@H]1O[C@@H](n2ccc(=O)n(COCc3ccccc3)c2=O)[C@@H](OC)C1OC(=O)c1ccccc1. The Morgan fingerprint density at radius 3 is 2.33 bits per heavy atom. The molecule has 10 nitrogen and oxygen atoms in total. The fraction of sp³-hybridized carbons (Fsp3) is 0.346. The summed E-state index contributed by atoms with van der Waals surface area (Å²) in [5, 5.41) is 0. The fourth-order valence-electron chi connectivity index (χ4n) is 3.94. The van der Waals surface area contributed by atoms with Crippen molar-refractivity contribution in [1.82, 2.24) is 9.13 Å². The molecule has 36 heavy (non-hydrogen) atoms. The first-order valence-electron chi connectivity index (χ1n) is 11.5. The summed E-state index contributed by atoms with van der Waals surface area (Å²) in [6.45, 7) is 2.02. The third-order valence-corrected chi connectivity index (χ3v) is 5.70. The van der Waals surface area contributed by atoms with E-state index in [4.69, 9.17) is 23.7 Å². The van der Waals surface area contributed by atoms with Crippen molar-refractivity contribution in [3.63, 3.8) is 0 Å². The Morgan fingerprint density at radius 2 is 1.67 bits per heavy atom. The van der Waals surface area contributed by atoms with E-state index in [1.807, 2.05) is 30.3 Å². The number of rotatable bonds is 10. The van der Waals surface area contributed by atoms with Crippen LogP contribution < -0.4 is 11.2 Å². The monoisotopic (exact) mass is 496 g/mol. The van der Waals surface area contributed by atoms with Gasteiger partial charge in [0.05, 0.1) is 12.2 Å². The first kappa shape index (κ1) is 25.5. The maximum absolute atomic E-state index is 13.3. The molecule has 1 saturated heterocycles. The zero-order chi connectivity index (χ0) is 25.5. The van der Waals surface area contributed by atoms with Gasteiger partial charge in [0, 0.05) is 26.0 Å². The second kappa shape index (κ2) is 11.9. The summed E-state index contributed by atoms with van der Waals surface area (Å²) in [4.78, 5) is 38.4. The zero-order valence-corrected chi connectivity index (χ0v) is 20.0.